The molecule has 1 saturated heterocycles. The highest BCUT2D eigenvalue weighted by molar-refractivity contribution is 5.95. The smallest absolute Gasteiger partial charge is 0.330 e. The third-order valence-electron chi connectivity index (χ3n) is 5.85. The number of hydrogen-bond acceptors (Lipinski definition) is 4. The summed E-state index contributed by atoms with van der Waals surface area (Å²) in [6, 6.07) is 11.5. The summed E-state index contributed by atoms with van der Waals surface area (Å²) in [4.78, 5) is 33.9. The second-order valence-corrected chi connectivity index (χ2v) is 7.98. The van der Waals surface area contributed by atoms with Crippen molar-refractivity contribution in [2.45, 2.75) is 19.4 Å². The molecule has 1 aliphatic heterocycles. The molecule has 3 aromatic rings. The molecule has 1 fully saturated rings. The van der Waals surface area contributed by atoms with Crippen LogP contribution in [0.25, 0.3) is 11.2 Å². The van der Waals surface area contributed by atoms with Gasteiger partial charge in [-0.15, -0.1) is 0 Å². The predicted octanol–water partition coefficient (Wildman–Crippen LogP) is 2.35. The Kier molecular flexibility index (Phi) is 5.13. The number of hydrogen-bond donors (Lipinski definition) is 0. The SMILES string of the molecule is CN(C)c1cccc(C(=O)N2CCC(Cn3c(=O)n(C)c4cccnc43)CC2)c1. The van der Waals surface area contributed by atoms with Crippen LogP contribution >= 0.6 is 0 Å². The number of imidazole rings is 1. The van der Waals surface area contributed by atoms with E-state index in [2.05, 4.69) is 4.98 Å². The number of likely N-dealkylation sites (tertiary alicyclic amines) is 1. The highest BCUT2D eigenvalue weighted by Crippen LogP contribution is 2.23. The first-order valence-corrected chi connectivity index (χ1v) is 10.0. The van der Waals surface area contributed by atoms with Gasteiger partial charge in [0.2, 0.25) is 0 Å². The number of carbonyl (C=O) groups is 1. The molecule has 0 saturated carbocycles. The van der Waals surface area contributed by atoms with Crippen LogP contribution in [0.15, 0.2) is 47.4 Å². The lowest BCUT2D eigenvalue weighted by atomic mass is 9.96. The normalized spacial score (nSPS) is 15.1. The minimum absolute atomic E-state index is 0.0299. The molecule has 0 bridgehead atoms. The van der Waals surface area contributed by atoms with Crippen LogP contribution in [-0.2, 0) is 13.6 Å². The van der Waals surface area contributed by atoms with E-state index < -0.39 is 0 Å². The Morgan fingerprint density at radius 3 is 2.66 bits per heavy atom. The van der Waals surface area contributed by atoms with E-state index in [1.165, 1.54) is 0 Å². The van der Waals surface area contributed by atoms with Crippen molar-refractivity contribution in [2.75, 3.05) is 32.1 Å². The van der Waals surface area contributed by atoms with Gasteiger partial charge >= 0.3 is 5.69 Å². The Bertz CT molecular complexity index is 1090. The van der Waals surface area contributed by atoms with Gasteiger partial charge in [0.25, 0.3) is 5.91 Å². The summed E-state index contributed by atoms with van der Waals surface area (Å²) < 4.78 is 3.43. The Hall–Kier alpha value is -3.09. The zero-order valence-electron chi connectivity index (χ0n) is 17.2. The van der Waals surface area contributed by atoms with Crippen LogP contribution in [0.5, 0.6) is 0 Å². The van der Waals surface area contributed by atoms with Crippen LogP contribution in [-0.4, -0.2) is 52.1 Å². The van der Waals surface area contributed by atoms with Gasteiger partial charge < -0.3 is 9.80 Å². The monoisotopic (exact) mass is 393 g/mol. The van der Waals surface area contributed by atoms with E-state index in [-0.39, 0.29) is 11.6 Å². The average Bonchev–Trinajstić information content (AvgIpc) is 2.99. The Morgan fingerprint density at radius 2 is 1.93 bits per heavy atom. The maximum Gasteiger partial charge on any atom is 0.330 e. The van der Waals surface area contributed by atoms with Crippen LogP contribution in [0.4, 0.5) is 5.69 Å². The van der Waals surface area contributed by atoms with Crippen LogP contribution < -0.4 is 10.6 Å². The van der Waals surface area contributed by atoms with Gasteiger partial charge in [0.15, 0.2) is 5.65 Å². The molecule has 2 aromatic heterocycles. The van der Waals surface area contributed by atoms with E-state index >= 15 is 0 Å². The molecule has 3 heterocycles. The van der Waals surface area contributed by atoms with Crippen LogP contribution in [0.1, 0.15) is 23.2 Å². The summed E-state index contributed by atoms with van der Waals surface area (Å²) in [5.74, 6) is 0.439. The van der Waals surface area contributed by atoms with Gasteiger partial charge in [-0.1, -0.05) is 6.07 Å². The van der Waals surface area contributed by atoms with Crippen LogP contribution in [0, 0.1) is 5.92 Å². The second-order valence-electron chi connectivity index (χ2n) is 7.98. The highest BCUT2D eigenvalue weighted by Gasteiger charge is 2.25. The number of carbonyl (C=O) groups excluding carboxylic acids is 1. The summed E-state index contributed by atoms with van der Waals surface area (Å²) in [5.41, 5.74) is 3.31. The fourth-order valence-electron chi connectivity index (χ4n) is 4.07. The lowest BCUT2D eigenvalue weighted by Crippen LogP contribution is -2.40. The molecular weight excluding hydrogens is 366 g/mol. The van der Waals surface area contributed by atoms with E-state index in [9.17, 15) is 9.59 Å². The molecule has 7 heteroatoms. The fourth-order valence-corrected chi connectivity index (χ4v) is 4.07. The number of nitrogens with zero attached hydrogens (tertiary/aromatic N) is 5. The maximum absolute atomic E-state index is 12.9. The second kappa shape index (κ2) is 7.73. The number of aromatic nitrogens is 3. The van der Waals surface area contributed by atoms with Crippen molar-refractivity contribution in [1.82, 2.24) is 19.0 Å². The van der Waals surface area contributed by atoms with Gasteiger partial charge in [-0.2, -0.15) is 0 Å². The van der Waals surface area contributed by atoms with Gasteiger partial charge in [-0.25, -0.2) is 9.78 Å². The molecule has 29 heavy (non-hydrogen) atoms. The van der Waals surface area contributed by atoms with E-state index in [1.54, 1.807) is 22.4 Å². The molecule has 0 N–H and O–H groups in total. The topological polar surface area (TPSA) is 63.4 Å². The average molecular weight is 393 g/mol. The zero-order chi connectivity index (χ0) is 20.5. The molecule has 0 radical (unpaired) electrons. The number of benzene rings is 1. The van der Waals surface area contributed by atoms with Gasteiger partial charge in [0, 0.05) is 58.2 Å². The van der Waals surface area contributed by atoms with Gasteiger partial charge in [0.1, 0.15) is 0 Å². The minimum atomic E-state index is -0.0299. The number of aryl methyl sites for hydroxylation is 1. The van der Waals surface area contributed by atoms with E-state index in [0.717, 1.165) is 35.3 Å². The third kappa shape index (κ3) is 3.64. The van der Waals surface area contributed by atoms with Crippen molar-refractivity contribution < 1.29 is 4.79 Å². The number of piperidine rings is 1. The Morgan fingerprint density at radius 1 is 1.17 bits per heavy atom. The van der Waals surface area contributed by atoms with E-state index in [4.69, 9.17) is 0 Å². The third-order valence-corrected chi connectivity index (χ3v) is 5.85. The lowest BCUT2D eigenvalue weighted by Gasteiger charge is -2.32. The summed E-state index contributed by atoms with van der Waals surface area (Å²) >= 11 is 0. The number of rotatable bonds is 4. The van der Waals surface area contributed by atoms with Crippen molar-refractivity contribution in [3.05, 3.63) is 58.6 Å². The van der Waals surface area contributed by atoms with Crippen LogP contribution in [0.2, 0.25) is 0 Å². The fraction of sp³-hybridized carbons (Fsp3) is 0.409. The van der Waals surface area contributed by atoms with Gasteiger partial charge in [0.05, 0.1) is 5.52 Å². The predicted molar refractivity (Wildman–Crippen MR) is 114 cm³/mol. The molecule has 0 spiro atoms. The van der Waals surface area contributed by atoms with Crippen molar-refractivity contribution in [1.29, 1.82) is 0 Å². The molecule has 0 aliphatic carbocycles. The Labute approximate surface area is 170 Å². The maximum atomic E-state index is 12.9. The van der Waals surface area contributed by atoms with Crippen molar-refractivity contribution >= 4 is 22.8 Å². The standard InChI is InChI=1S/C22H27N5O2/c1-24(2)18-7-4-6-17(14-18)21(28)26-12-9-16(10-13-26)15-27-20-19(8-5-11-23-20)25(3)22(27)29/h4-8,11,14,16H,9-10,12-13,15H2,1-3H3. The summed E-state index contributed by atoms with van der Waals surface area (Å²) in [6.07, 6.45) is 3.49. The summed E-state index contributed by atoms with van der Waals surface area (Å²) in [5, 5.41) is 0. The highest BCUT2D eigenvalue weighted by atomic mass is 16.2. The summed E-state index contributed by atoms with van der Waals surface area (Å²) in [7, 11) is 5.73. The molecule has 1 aliphatic rings. The molecule has 0 atom stereocenters. The molecule has 4 rings (SSSR count). The Balaban J connectivity index is 1.44. The molecule has 7 nitrogen and oxygen atoms in total. The first kappa shape index (κ1) is 19.2. The van der Waals surface area contributed by atoms with Crippen molar-refractivity contribution in [3.63, 3.8) is 0 Å². The molecule has 0 unspecified atom stereocenters. The number of anilines is 1. The molecule has 1 aromatic carbocycles. The summed E-state index contributed by atoms with van der Waals surface area (Å²) in [6.45, 7) is 2.07. The van der Waals surface area contributed by atoms with E-state index in [1.807, 2.05) is 60.3 Å². The molecule has 152 valence electrons. The zero-order valence-corrected chi connectivity index (χ0v) is 17.2. The lowest BCUT2D eigenvalue weighted by molar-refractivity contribution is 0.0683. The van der Waals surface area contributed by atoms with Gasteiger partial charge in [-0.3, -0.25) is 13.9 Å². The van der Waals surface area contributed by atoms with E-state index in [0.29, 0.717) is 25.6 Å². The minimum Gasteiger partial charge on any atom is -0.378 e. The number of pyridine rings is 1. The first-order valence-electron chi connectivity index (χ1n) is 10.0. The first-order chi connectivity index (χ1) is 14.0. The van der Waals surface area contributed by atoms with Gasteiger partial charge in [-0.05, 0) is 49.1 Å². The number of fused-ring (bicyclic) bond motifs is 1. The number of amides is 1. The largest absolute Gasteiger partial charge is 0.378 e. The molecule has 1 amide bonds. The van der Waals surface area contributed by atoms with Crippen molar-refractivity contribution in [2.24, 2.45) is 13.0 Å². The molecular formula is C22H27N5O2. The van der Waals surface area contributed by atoms with Crippen LogP contribution in [0.3, 0.4) is 0 Å². The quantitative estimate of drug-likeness (QED) is 0.683. The van der Waals surface area contributed by atoms with Crippen molar-refractivity contribution in [3.8, 4) is 0 Å².